The topological polar surface area (TPSA) is 88.2 Å². The van der Waals surface area contributed by atoms with Crippen LogP contribution < -0.4 is 15.0 Å². The second-order valence-electron chi connectivity index (χ2n) is 7.83. The van der Waals surface area contributed by atoms with Crippen molar-refractivity contribution in [3.63, 3.8) is 0 Å². The Labute approximate surface area is 190 Å². The maximum Gasteiger partial charge on any atom is 0.259 e. The lowest BCUT2D eigenvalue weighted by molar-refractivity contribution is 0.101. The SMILES string of the molecule is COCCOc1ccccc1C(=O)Nc1cc(S(=O)(=O)N2CCCCC2)ccc1N(C)C. The molecule has 3 rings (SSSR count). The van der Waals surface area contributed by atoms with Gasteiger partial charge in [0.25, 0.3) is 5.91 Å². The van der Waals surface area contributed by atoms with E-state index in [4.69, 9.17) is 9.47 Å². The minimum atomic E-state index is -3.63. The zero-order valence-electron chi connectivity index (χ0n) is 18.8. The Morgan fingerprint density at radius 2 is 1.78 bits per heavy atom. The fourth-order valence-electron chi connectivity index (χ4n) is 3.62. The van der Waals surface area contributed by atoms with Crippen molar-refractivity contribution in [1.82, 2.24) is 4.31 Å². The van der Waals surface area contributed by atoms with Gasteiger partial charge < -0.3 is 19.7 Å². The van der Waals surface area contributed by atoms with E-state index in [0.717, 1.165) is 19.3 Å². The van der Waals surface area contributed by atoms with Crippen LogP contribution in [0.1, 0.15) is 29.6 Å². The smallest absolute Gasteiger partial charge is 0.259 e. The molecule has 1 fully saturated rings. The molecule has 0 aliphatic carbocycles. The molecule has 9 heteroatoms. The molecule has 1 amide bonds. The number of piperidine rings is 1. The van der Waals surface area contributed by atoms with Crippen LogP contribution in [0, 0.1) is 0 Å². The number of amides is 1. The van der Waals surface area contributed by atoms with Gasteiger partial charge in [-0.2, -0.15) is 4.31 Å². The van der Waals surface area contributed by atoms with Crippen molar-refractivity contribution in [2.75, 3.05) is 57.7 Å². The van der Waals surface area contributed by atoms with Gasteiger partial charge in [-0.3, -0.25) is 4.79 Å². The summed E-state index contributed by atoms with van der Waals surface area (Å²) in [7, 11) is 1.63. The molecule has 1 aliphatic heterocycles. The minimum absolute atomic E-state index is 0.171. The zero-order chi connectivity index (χ0) is 23.1. The van der Waals surface area contributed by atoms with Crippen molar-refractivity contribution in [3.8, 4) is 5.75 Å². The highest BCUT2D eigenvalue weighted by Gasteiger charge is 2.27. The van der Waals surface area contributed by atoms with E-state index in [9.17, 15) is 13.2 Å². The van der Waals surface area contributed by atoms with E-state index in [1.165, 1.54) is 10.4 Å². The summed E-state index contributed by atoms with van der Waals surface area (Å²) in [5, 5.41) is 2.88. The largest absolute Gasteiger partial charge is 0.490 e. The average molecular weight is 462 g/mol. The van der Waals surface area contributed by atoms with Gasteiger partial charge in [0.1, 0.15) is 12.4 Å². The number of para-hydroxylation sites is 1. The Morgan fingerprint density at radius 3 is 2.47 bits per heavy atom. The van der Waals surface area contributed by atoms with Gasteiger partial charge in [0, 0.05) is 34.3 Å². The number of carbonyl (C=O) groups is 1. The van der Waals surface area contributed by atoms with Crippen molar-refractivity contribution in [2.45, 2.75) is 24.2 Å². The lowest BCUT2D eigenvalue weighted by Gasteiger charge is -2.26. The number of anilines is 2. The van der Waals surface area contributed by atoms with Gasteiger partial charge in [0.2, 0.25) is 10.0 Å². The Kier molecular flexibility index (Phi) is 8.11. The molecule has 0 aromatic heterocycles. The number of hydrogen-bond donors (Lipinski definition) is 1. The van der Waals surface area contributed by atoms with Crippen LogP contribution in [0.4, 0.5) is 11.4 Å². The summed E-state index contributed by atoms with van der Waals surface area (Å²) in [6, 6.07) is 11.8. The molecule has 174 valence electrons. The number of carbonyl (C=O) groups excluding carboxylic acids is 1. The van der Waals surface area contributed by atoms with E-state index < -0.39 is 10.0 Å². The van der Waals surface area contributed by atoms with Crippen molar-refractivity contribution in [3.05, 3.63) is 48.0 Å². The maximum absolute atomic E-state index is 13.1. The first kappa shape index (κ1) is 24.0. The molecule has 0 bridgehead atoms. The van der Waals surface area contributed by atoms with Crippen molar-refractivity contribution >= 4 is 27.3 Å². The van der Waals surface area contributed by atoms with Gasteiger partial charge in [-0.15, -0.1) is 0 Å². The molecule has 32 heavy (non-hydrogen) atoms. The fourth-order valence-corrected chi connectivity index (χ4v) is 5.17. The van der Waals surface area contributed by atoms with Crippen LogP contribution in [0.5, 0.6) is 5.75 Å². The second kappa shape index (κ2) is 10.8. The predicted molar refractivity (Wildman–Crippen MR) is 125 cm³/mol. The first-order valence-electron chi connectivity index (χ1n) is 10.7. The molecule has 2 aromatic carbocycles. The van der Waals surface area contributed by atoms with Gasteiger partial charge >= 0.3 is 0 Å². The number of hydrogen-bond acceptors (Lipinski definition) is 6. The van der Waals surface area contributed by atoms with Crippen LogP contribution in [-0.2, 0) is 14.8 Å². The average Bonchev–Trinajstić information content (AvgIpc) is 2.80. The number of benzene rings is 2. The summed E-state index contributed by atoms with van der Waals surface area (Å²) in [4.78, 5) is 15.1. The number of nitrogens with one attached hydrogen (secondary N) is 1. The highest BCUT2D eigenvalue weighted by Crippen LogP contribution is 2.31. The van der Waals surface area contributed by atoms with E-state index in [1.807, 2.05) is 19.0 Å². The van der Waals surface area contributed by atoms with Crippen LogP contribution in [-0.4, -0.2) is 66.1 Å². The second-order valence-corrected chi connectivity index (χ2v) is 9.77. The molecule has 0 saturated carbocycles. The number of nitrogens with zero attached hydrogens (tertiary/aromatic N) is 2. The van der Waals surface area contributed by atoms with Gasteiger partial charge in [0.05, 0.1) is 28.4 Å². The van der Waals surface area contributed by atoms with Crippen molar-refractivity contribution in [2.24, 2.45) is 0 Å². The van der Waals surface area contributed by atoms with Gasteiger partial charge in [0.15, 0.2) is 0 Å². The summed E-state index contributed by atoms with van der Waals surface area (Å²) >= 11 is 0. The summed E-state index contributed by atoms with van der Waals surface area (Å²) in [6.07, 6.45) is 2.76. The molecule has 0 atom stereocenters. The van der Waals surface area contributed by atoms with Crippen LogP contribution in [0.15, 0.2) is 47.4 Å². The minimum Gasteiger partial charge on any atom is -0.490 e. The Morgan fingerprint density at radius 1 is 1.06 bits per heavy atom. The lowest BCUT2D eigenvalue weighted by Crippen LogP contribution is -2.35. The lowest BCUT2D eigenvalue weighted by atomic mass is 10.1. The molecule has 1 saturated heterocycles. The van der Waals surface area contributed by atoms with Crippen LogP contribution >= 0.6 is 0 Å². The number of sulfonamides is 1. The molecule has 2 aromatic rings. The quantitative estimate of drug-likeness (QED) is 0.577. The van der Waals surface area contributed by atoms with Gasteiger partial charge in [-0.1, -0.05) is 18.6 Å². The first-order valence-corrected chi connectivity index (χ1v) is 12.1. The Bertz CT molecular complexity index is 1030. The molecule has 0 radical (unpaired) electrons. The number of ether oxygens (including phenoxy) is 2. The third-order valence-corrected chi connectivity index (χ3v) is 7.22. The molecule has 1 heterocycles. The molecule has 0 unspecified atom stereocenters. The molecular formula is C23H31N3O5S. The molecular weight excluding hydrogens is 430 g/mol. The summed E-state index contributed by atoms with van der Waals surface area (Å²) in [6.45, 7) is 1.75. The van der Waals surface area contributed by atoms with E-state index in [0.29, 0.717) is 49.0 Å². The van der Waals surface area contributed by atoms with Crippen LogP contribution in [0.3, 0.4) is 0 Å². The highest BCUT2D eigenvalue weighted by atomic mass is 32.2. The predicted octanol–water partition coefficient (Wildman–Crippen LogP) is 3.20. The third-order valence-electron chi connectivity index (χ3n) is 5.33. The van der Waals surface area contributed by atoms with E-state index in [2.05, 4.69) is 5.32 Å². The van der Waals surface area contributed by atoms with E-state index in [-0.39, 0.29) is 10.8 Å². The zero-order valence-corrected chi connectivity index (χ0v) is 19.7. The molecule has 8 nitrogen and oxygen atoms in total. The summed E-state index contributed by atoms with van der Waals surface area (Å²) < 4.78 is 38.5. The van der Waals surface area contributed by atoms with Gasteiger partial charge in [-0.25, -0.2) is 8.42 Å². The molecule has 1 N–H and O–H groups in total. The Balaban J connectivity index is 1.90. The molecule has 1 aliphatic rings. The summed E-state index contributed by atoms with van der Waals surface area (Å²) in [5.41, 5.74) is 1.48. The first-order chi connectivity index (χ1) is 15.3. The number of methoxy groups -OCH3 is 1. The fraction of sp³-hybridized carbons (Fsp3) is 0.435. The van der Waals surface area contributed by atoms with Crippen LogP contribution in [0.25, 0.3) is 0 Å². The third kappa shape index (κ3) is 5.59. The standard InChI is InChI=1S/C23H31N3O5S/c1-25(2)21-12-11-18(32(28,29)26-13-7-4-8-14-26)17-20(21)24-23(27)19-9-5-6-10-22(19)31-16-15-30-3/h5-6,9-12,17H,4,7-8,13-16H2,1-3H3,(H,24,27). The Hall–Kier alpha value is -2.62. The summed E-state index contributed by atoms with van der Waals surface area (Å²) in [5.74, 6) is 0.0548. The maximum atomic E-state index is 13.1. The van der Waals surface area contributed by atoms with Crippen molar-refractivity contribution in [1.29, 1.82) is 0 Å². The van der Waals surface area contributed by atoms with Crippen molar-refractivity contribution < 1.29 is 22.7 Å². The number of rotatable bonds is 9. The van der Waals surface area contributed by atoms with Crippen LogP contribution in [0.2, 0.25) is 0 Å². The van der Waals surface area contributed by atoms with E-state index >= 15 is 0 Å². The molecule has 0 spiro atoms. The highest BCUT2D eigenvalue weighted by molar-refractivity contribution is 7.89. The van der Waals surface area contributed by atoms with E-state index in [1.54, 1.807) is 43.5 Å². The monoisotopic (exact) mass is 461 g/mol. The normalized spacial score (nSPS) is 14.7. The van der Waals surface area contributed by atoms with Gasteiger partial charge in [-0.05, 0) is 43.2 Å².